The molecule has 0 aromatic heterocycles. The van der Waals surface area contributed by atoms with Crippen LogP contribution in [0.1, 0.15) is 68.6 Å². The fourth-order valence-corrected chi connectivity index (χ4v) is 4.99. The Morgan fingerprint density at radius 3 is 2.26 bits per heavy atom. The zero-order chi connectivity index (χ0) is 24.7. The zero-order valence-corrected chi connectivity index (χ0v) is 18.6. The molecule has 1 N–H and O–H groups in total. The van der Waals surface area contributed by atoms with Crippen molar-refractivity contribution in [3.8, 4) is 0 Å². The Kier molecular flexibility index (Phi) is 6.48. The van der Waals surface area contributed by atoms with E-state index in [0.717, 1.165) is 49.8 Å². The summed E-state index contributed by atoms with van der Waals surface area (Å²) in [5, 5.41) is 9.46. The van der Waals surface area contributed by atoms with Crippen molar-refractivity contribution >= 4 is 24.0 Å². The third-order valence-electron chi connectivity index (χ3n) is 6.75. The molecule has 1 unspecified atom stereocenters. The van der Waals surface area contributed by atoms with Crippen LogP contribution in [-0.2, 0) is 16.9 Å². The zero-order valence-electron chi connectivity index (χ0n) is 18.6. The maximum atomic E-state index is 14.2. The van der Waals surface area contributed by atoms with Crippen LogP contribution in [0.15, 0.2) is 45.0 Å². The van der Waals surface area contributed by atoms with Gasteiger partial charge in [-0.25, -0.2) is 13.6 Å². The topological polar surface area (TPSA) is 62.0 Å². The lowest BCUT2D eigenvalue weighted by Crippen LogP contribution is -2.18. The summed E-state index contributed by atoms with van der Waals surface area (Å²) in [6, 6.07) is 2.02. The van der Waals surface area contributed by atoms with E-state index in [4.69, 9.17) is 0 Å². The van der Waals surface area contributed by atoms with Crippen LogP contribution in [0.5, 0.6) is 0 Å². The SMILES string of the molecule is CC(F)(F)c1cc(C2=C(C3CCCCC3)CCC3N=CC(C(=O)O)=C3N=C2)cc(C(F)(F)F)c1. The van der Waals surface area contributed by atoms with Crippen molar-refractivity contribution in [1.29, 1.82) is 0 Å². The highest BCUT2D eigenvalue weighted by molar-refractivity contribution is 6.14. The number of alkyl halides is 5. The molecule has 34 heavy (non-hydrogen) atoms. The van der Waals surface area contributed by atoms with Gasteiger partial charge >= 0.3 is 12.1 Å². The minimum atomic E-state index is -4.80. The number of fused-ring (bicyclic) bond motifs is 1. The lowest BCUT2D eigenvalue weighted by molar-refractivity contribution is -0.138. The third kappa shape index (κ3) is 4.98. The predicted octanol–water partition coefficient (Wildman–Crippen LogP) is 6.81. The van der Waals surface area contributed by atoms with E-state index in [0.29, 0.717) is 31.4 Å². The van der Waals surface area contributed by atoms with E-state index in [1.165, 1.54) is 12.4 Å². The lowest BCUT2D eigenvalue weighted by Gasteiger charge is -2.29. The van der Waals surface area contributed by atoms with Crippen molar-refractivity contribution < 1.29 is 31.9 Å². The maximum absolute atomic E-state index is 14.2. The number of carboxylic acids is 1. The van der Waals surface area contributed by atoms with Gasteiger partial charge in [0.25, 0.3) is 5.92 Å². The van der Waals surface area contributed by atoms with Crippen molar-refractivity contribution in [2.24, 2.45) is 15.9 Å². The van der Waals surface area contributed by atoms with Gasteiger partial charge in [-0.2, -0.15) is 13.2 Å². The second-order valence-corrected chi connectivity index (χ2v) is 9.15. The number of rotatable bonds is 4. The Bertz CT molecular complexity index is 1070. The van der Waals surface area contributed by atoms with Gasteiger partial charge < -0.3 is 5.11 Å². The molecule has 9 heteroatoms. The standard InChI is InChI=1S/C25H25F5N2O2/c1-24(26,27)16-9-15(10-17(11-16)25(28,29)30)19-12-32-22-20(23(33)34)13-31-21(22)8-7-18(19)14-5-3-2-4-6-14/h9-14,21H,2-8H2,1H3,(H,33,34). The first-order chi connectivity index (χ1) is 15.9. The Morgan fingerprint density at radius 1 is 0.971 bits per heavy atom. The normalized spacial score (nSPS) is 22.1. The highest BCUT2D eigenvalue weighted by Crippen LogP contribution is 2.42. The first-order valence-corrected chi connectivity index (χ1v) is 11.3. The summed E-state index contributed by atoms with van der Waals surface area (Å²) in [6.07, 6.45) is 3.49. The number of aliphatic carboxylic acids is 1. The van der Waals surface area contributed by atoms with Crippen LogP contribution in [0.4, 0.5) is 22.0 Å². The molecule has 0 spiro atoms. The van der Waals surface area contributed by atoms with Gasteiger partial charge in [0.2, 0.25) is 0 Å². The Labute approximate surface area is 194 Å². The van der Waals surface area contributed by atoms with E-state index in [-0.39, 0.29) is 22.8 Å². The van der Waals surface area contributed by atoms with E-state index in [1.54, 1.807) is 0 Å². The summed E-state index contributed by atoms with van der Waals surface area (Å²) >= 11 is 0. The molecule has 4 nitrogen and oxygen atoms in total. The molecular formula is C25H25F5N2O2. The number of benzene rings is 1. The number of carboxylic acid groups (broad SMARTS) is 1. The first kappa shape index (κ1) is 24.3. The van der Waals surface area contributed by atoms with Crippen molar-refractivity contribution in [3.05, 3.63) is 51.7 Å². The van der Waals surface area contributed by atoms with Crippen molar-refractivity contribution in [3.63, 3.8) is 0 Å². The summed E-state index contributed by atoms with van der Waals surface area (Å²) in [7, 11) is 0. The van der Waals surface area contributed by atoms with E-state index < -0.39 is 35.2 Å². The summed E-state index contributed by atoms with van der Waals surface area (Å²) in [5.41, 5.74) is -0.439. The van der Waals surface area contributed by atoms with Gasteiger partial charge in [-0.15, -0.1) is 0 Å². The van der Waals surface area contributed by atoms with Crippen LogP contribution in [0.25, 0.3) is 5.57 Å². The Balaban J connectivity index is 1.92. The highest BCUT2D eigenvalue weighted by atomic mass is 19.4. The summed E-state index contributed by atoms with van der Waals surface area (Å²) < 4.78 is 69.3. The highest BCUT2D eigenvalue weighted by Gasteiger charge is 2.36. The van der Waals surface area contributed by atoms with Gasteiger partial charge in [0.05, 0.1) is 17.3 Å². The Hall–Kier alpha value is -2.84. The molecule has 0 radical (unpaired) electrons. The molecule has 0 amide bonds. The molecule has 1 fully saturated rings. The number of hydrogen-bond acceptors (Lipinski definition) is 3. The van der Waals surface area contributed by atoms with Gasteiger partial charge in [0.1, 0.15) is 5.57 Å². The maximum Gasteiger partial charge on any atom is 0.416 e. The molecule has 1 aliphatic carbocycles. The van der Waals surface area contributed by atoms with Crippen LogP contribution in [0.3, 0.4) is 0 Å². The molecule has 2 heterocycles. The average Bonchev–Trinajstić information content (AvgIpc) is 3.15. The van der Waals surface area contributed by atoms with E-state index in [2.05, 4.69) is 9.98 Å². The van der Waals surface area contributed by atoms with Gasteiger partial charge in [-0.3, -0.25) is 9.98 Å². The lowest BCUT2D eigenvalue weighted by atomic mass is 9.77. The van der Waals surface area contributed by atoms with E-state index in [9.17, 15) is 31.9 Å². The summed E-state index contributed by atoms with van der Waals surface area (Å²) in [6.45, 7) is 0.569. The molecule has 1 aromatic rings. The van der Waals surface area contributed by atoms with Crippen LogP contribution >= 0.6 is 0 Å². The number of hydrogen-bond donors (Lipinski definition) is 1. The van der Waals surface area contributed by atoms with Crippen LogP contribution in [-0.4, -0.2) is 29.5 Å². The predicted molar refractivity (Wildman–Crippen MR) is 119 cm³/mol. The smallest absolute Gasteiger partial charge is 0.416 e. The van der Waals surface area contributed by atoms with Gasteiger partial charge in [0, 0.05) is 24.9 Å². The van der Waals surface area contributed by atoms with Crippen LogP contribution < -0.4 is 0 Å². The number of allylic oxidation sites excluding steroid dienone is 2. The molecule has 1 saturated carbocycles. The summed E-state index contributed by atoms with van der Waals surface area (Å²) in [4.78, 5) is 20.2. The fourth-order valence-electron chi connectivity index (χ4n) is 4.99. The molecule has 1 atom stereocenters. The van der Waals surface area contributed by atoms with Gasteiger partial charge in [0.15, 0.2) is 0 Å². The molecule has 0 bridgehead atoms. The van der Waals surface area contributed by atoms with Crippen molar-refractivity contribution in [1.82, 2.24) is 0 Å². The largest absolute Gasteiger partial charge is 0.478 e. The summed E-state index contributed by atoms with van der Waals surface area (Å²) in [5.74, 6) is -4.56. The van der Waals surface area contributed by atoms with Crippen molar-refractivity contribution in [2.45, 2.75) is 70.0 Å². The van der Waals surface area contributed by atoms with Gasteiger partial charge in [-0.05, 0) is 60.9 Å². The number of halogens is 5. The van der Waals surface area contributed by atoms with Crippen molar-refractivity contribution in [2.75, 3.05) is 0 Å². The Morgan fingerprint density at radius 2 is 1.65 bits per heavy atom. The van der Waals surface area contributed by atoms with Crippen LogP contribution in [0.2, 0.25) is 0 Å². The van der Waals surface area contributed by atoms with Crippen LogP contribution in [0, 0.1) is 5.92 Å². The second-order valence-electron chi connectivity index (χ2n) is 9.15. The average molecular weight is 480 g/mol. The fraction of sp³-hybridized carbons (Fsp3) is 0.480. The molecule has 2 aliphatic heterocycles. The molecule has 4 rings (SSSR count). The quantitative estimate of drug-likeness (QED) is 0.482. The first-order valence-electron chi connectivity index (χ1n) is 11.3. The third-order valence-corrected chi connectivity index (χ3v) is 6.75. The second kappa shape index (κ2) is 9.07. The van der Waals surface area contributed by atoms with E-state index >= 15 is 0 Å². The molecule has 1 aromatic carbocycles. The molecule has 182 valence electrons. The van der Waals surface area contributed by atoms with E-state index in [1.807, 2.05) is 0 Å². The number of nitrogens with zero attached hydrogens (tertiary/aromatic N) is 2. The number of carbonyl (C=O) groups is 1. The molecular weight excluding hydrogens is 455 g/mol. The minimum Gasteiger partial charge on any atom is -0.478 e. The number of aliphatic imine (C=N–C) groups is 2. The van der Waals surface area contributed by atoms with Gasteiger partial charge in [-0.1, -0.05) is 24.8 Å². The molecule has 0 saturated heterocycles. The monoisotopic (exact) mass is 480 g/mol. The minimum absolute atomic E-state index is 0.0190. The molecule has 3 aliphatic rings.